The van der Waals surface area contributed by atoms with Gasteiger partial charge in [0.15, 0.2) is 16.8 Å². The molecule has 0 aliphatic carbocycles. The van der Waals surface area contributed by atoms with Crippen molar-refractivity contribution in [3.05, 3.63) is 65.7 Å². The number of aromatic nitrogens is 3. The van der Waals surface area contributed by atoms with Gasteiger partial charge in [-0.1, -0.05) is 36.4 Å². The number of rotatable bonds is 8. The molecule has 0 amide bonds. The predicted octanol–water partition coefficient (Wildman–Crippen LogP) is 4.38. The lowest BCUT2D eigenvalue weighted by Gasteiger charge is -2.26. The summed E-state index contributed by atoms with van der Waals surface area (Å²) in [4.78, 5) is 15.2. The number of methoxy groups -OCH3 is 1. The summed E-state index contributed by atoms with van der Waals surface area (Å²) in [6.07, 6.45) is 3.67. The minimum absolute atomic E-state index is 0.106. The lowest BCUT2D eigenvalue weighted by Crippen LogP contribution is -2.30. The molecule has 8 heteroatoms. The van der Waals surface area contributed by atoms with Crippen LogP contribution in [0, 0.1) is 5.82 Å². The van der Waals surface area contributed by atoms with Crippen LogP contribution < -0.4 is 4.74 Å². The molecule has 4 rings (SSSR count). The normalized spacial score (nSPS) is 14.5. The number of Topliss-reactive ketones (excluding diaryl/α,β-unsaturated/α-hetero) is 1. The van der Waals surface area contributed by atoms with Gasteiger partial charge in [-0.25, -0.2) is 4.39 Å². The number of nitrogens with zero attached hydrogens (tertiary/aromatic N) is 4. The molecule has 0 unspecified atom stereocenters. The first-order valence-electron chi connectivity index (χ1n) is 10.4. The highest BCUT2D eigenvalue weighted by atomic mass is 32.2. The van der Waals surface area contributed by atoms with Crippen molar-refractivity contribution in [2.45, 2.75) is 31.0 Å². The molecular formula is C23H25FN4O2S. The van der Waals surface area contributed by atoms with Crippen LogP contribution in [0.1, 0.15) is 35.4 Å². The average molecular weight is 441 g/mol. The van der Waals surface area contributed by atoms with Crippen molar-refractivity contribution in [3.8, 4) is 11.4 Å². The number of hydrogen-bond donors (Lipinski definition) is 0. The Kier molecular flexibility index (Phi) is 6.99. The fourth-order valence-corrected chi connectivity index (χ4v) is 4.61. The van der Waals surface area contributed by atoms with Crippen molar-refractivity contribution in [2.75, 3.05) is 26.0 Å². The number of benzene rings is 2. The van der Waals surface area contributed by atoms with Gasteiger partial charge in [-0.2, -0.15) is 0 Å². The standard InChI is InChI=1S/C23H25FN4O2S/c1-30-21-11-10-17(24)14-19(21)20(29)16-31-23-26-25-22(15-27-12-6-3-7-13-27)28(23)18-8-4-2-5-9-18/h2,4-5,8-11,14H,3,6-7,12-13,15-16H2,1H3. The Morgan fingerprint density at radius 2 is 1.87 bits per heavy atom. The van der Waals surface area contributed by atoms with E-state index in [9.17, 15) is 9.18 Å². The number of carbonyl (C=O) groups is 1. The number of thioether (sulfide) groups is 1. The van der Waals surface area contributed by atoms with Gasteiger partial charge in [0.2, 0.25) is 0 Å². The third kappa shape index (κ3) is 5.14. The summed E-state index contributed by atoms with van der Waals surface area (Å²) < 4.78 is 20.9. The van der Waals surface area contributed by atoms with E-state index in [1.807, 2.05) is 34.9 Å². The van der Waals surface area contributed by atoms with Crippen LogP contribution in [0.3, 0.4) is 0 Å². The zero-order chi connectivity index (χ0) is 21.6. The molecule has 31 heavy (non-hydrogen) atoms. The highest BCUT2D eigenvalue weighted by Crippen LogP contribution is 2.26. The molecule has 0 saturated carbocycles. The Morgan fingerprint density at radius 1 is 1.10 bits per heavy atom. The van der Waals surface area contributed by atoms with Gasteiger partial charge in [0.25, 0.3) is 0 Å². The number of para-hydroxylation sites is 1. The number of ketones is 1. The Bertz CT molecular complexity index is 1040. The van der Waals surface area contributed by atoms with Crippen molar-refractivity contribution in [1.29, 1.82) is 0 Å². The van der Waals surface area contributed by atoms with Crippen LogP contribution in [0.25, 0.3) is 5.69 Å². The maximum absolute atomic E-state index is 13.7. The van der Waals surface area contributed by atoms with Crippen molar-refractivity contribution < 1.29 is 13.9 Å². The van der Waals surface area contributed by atoms with Gasteiger partial charge in [-0.05, 0) is 56.3 Å². The van der Waals surface area contributed by atoms with Gasteiger partial charge in [-0.3, -0.25) is 14.3 Å². The SMILES string of the molecule is COc1ccc(F)cc1C(=O)CSc1nnc(CN2CCCCC2)n1-c1ccccc1. The van der Waals surface area contributed by atoms with Crippen molar-refractivity contribution in [3.63, 3.8) is 0 Å². The second-order valence-electron chi connectivity index (χ2n) is 7.46. The molecule has 1 aromatic heterocycles. The Hall–Kier alpha value is -2.71. The van der Waals surface area contributed by atoms with Crippen LogP contribution in [0.2, 0.25) is 0 Å². The molecule has 162 valence electrons. The number of halogens is 1. The van der Waals surface area contributed by atoms with E-state index >= 15 is 0 Å². The Balaban J connectivity index is 1.56. The van der Waals surface area contributed by atoms with E-state index in [1.54, 1.807) is 0 Å². The van der Waals surface area contributed by atoms with Gasteiger partial charge in [0.05, 0.1) is 25.0 Å². The van der Waals surface area contributed by atoms with Crippen LogP contribution in [0.5, 0.6) is 5.75 Å². The van der Waals surface area contributed by atoms with Gasteiger partial charge in [0, 0.05) is 5.69 Å². The lowest BCUT2D eigenvalue weighted by atomic mass is 10.1. The van der Waals surface area contributed by atoms with Gasteiger partial charge in [0.1, 0.15) is 11.6 Å². The molecule has 1 aliphatic heterocycles. The molecular weight excluding hydrogens is 415 g/mol. The summed E-state index contributed by atoms with van der Waals surface area (Å²) in [6, 6.07) is 13.9. The largest absolute Gasteiger partial charge is 0.496 e. The first kappa shape index (κ1) is 21.5. The molecule has 2 aromatic carbocycles. The fourth-order valence-electron chi connectivity index (χ4n) is 3.76. The molecule has 1 fully saturated rings. The molecule has 3 aromatic rings. The van der Waals surface area contributed by atoms with Crippen molar-refractivity contribution in [2.24, 2.45) is 0 Å². The van der Waals surface area contributed by atoms with Gasteiger partial charge in [-0.15, -0.1) is 10.2 Å². The van der Waals surface area contributed by atoms with Crippen LogP contribution in [0.4, 0.5) is 4.39 Å². The summed E-state index contributed by atoms with van der Waals surface area (Å²) in [5, 5.41) is 9.46. The van der Waals surface area contributed by atoms with E-state index < -0.39 is 5.82 Å². The number of piperidine rings is 1. The number of hydrogen-bond acceptors (Lipinski definition) is 6. The van der Waals surface area contributed by atoms with E-state index in [0.717, 1.165) is 24.6 Å². The minimum atomic E-state index is -0.467. The smallest absolute Gasteiger partial charge is 0.196 e. The van der Waals surface area contributed by atoms with E-state index in [-0.39, 0.29) is 17.1 Å². The molecule has 1 saturated heterocycles. The van der Waals surface area contributed by atoms with Gasteiger partial charge < -0.3 is 4.74 Å². The second kappa shape index (κ2) is 10.1. The van der Waals surface area contributed by atoms with Crippen molar-refractivity contribution >= 4 is 17.5 Å². The Labute approximate surface area is 185 Å². The monoisotopic (exact) mass is 440 g/mol. The molecule has 0 N–H and O–H groups in total. The summed E-state index contributed by atoms with van der Waals surface area (Å²) in [6.45, 7) is 2.83. The maximum Gasteiger partial charge on any atom is 0.196 e. The van der Waals surface area contributed by atoms with E-state index in [0.29, 0.717) is 17.5 Å². The zero-order valence-corrected chi connectivity index (χ0v) is 18.3. The molecule has 1 aliphatic rings. The fraction of sp³-hybridized carbons (Fsp3) is 0.348. The summed E-state index contributed by atoms with van der Waals surface area (Å²) >= 11 is 1.30. The number of carbonyl (C=O) groups excluding carboxylic acids is 1. The van der Waals surface area contributed by atoms with Crippen molar-refractivity contribution in [1.82, 2.24) is 19.7 Å². The molecule has 0 atom stereocenters. The third-order valence-electron chi connectivity index (χ3n) is 5.32. The molecule has 0 bridgehead atoms. The number of ether oxygens (including phenoxy) is 1. The summed E-state index contributed by atoms with van der Waals surface area (Å²) in [5.41, 5.74) is 1.19. The Morgan fingerprint density at radius 3 is 2.61 bits per heavy atom. The molecule has 6 nitrogen and oxygen atoms in total. The van der Waals surface area contributed by atoms with Crippen LogP contribution in [-0.2, 0) is 6.54 Å². The number of likely N-dealkylation sites (tertiary alicyclic amines) is 1. The topological polar surface area (TPSA) is 60.2 Å². The first-order chi connectivity index (χ1) is 15.2. The summed E-state index contributed by atoms with van der Waals surface area (Å²) in [7, 11) is 1.47. The van der Waals surface area contributed by atoms with Crippen LogP contribution >= 0.6 is 11.8 Å². The van der Waals surface area contributed by atoms with E-state index in [1.165, 1.54) is 56.3 Å². The molecule has 0 radical (unpaired) electrons. The predicted molar refractivity (Wildman–Crippen MR) is 118 cm³/mol. The highest BCUT2D eigenvalue weighted by Gasteiger charge is 2.20. The summed E-state index contributed by atoms with van der Waals surface area (Å²) in [5.74, 6) is 0.634. The van der Waals surface area contributed by atoms with Gasteiger partial charge >= 0.3 is 0 Å². The first-order valence-corrected chi connectivity index (χ1v) is 11.4. The van der Waals surface area contributed by atoms with Crippen LogP contribution in [-0.4, -0.2) is 51.4 Å². The second-order valence-corrected chi connectivity index (χ2v) is 8.41. The van der Waals surface area contributed by atoms with E-state index in [4.69, 9.17) is 4.74 Å². The highest BCUT2D eigenvalue weighted by molar-refractivity contribution is 7.99. The quantitative estimate of drug-likeness (QED) is 0.383. The average Bonchev–Trinajstić information content (AvgIpc) is 3.21. The third-order valence-corrected chi connectivity index (χ3v) is 6.25. The maximum atomic E-state index is 13.7. The molecule has 0 spiro atoms. The minimum Gasteiger partial charge on any atom is -0.496 e. The zero-order valence-electron chi connectivity index (χ0n) is 17.5. The lowest BCUT2D eigenvalue weighted by molar-refractivity contribution is 0.101. The molecule has 2 heterocycles. The van der Waals surface area contributed by atoms with Crippen LogP contribution in [0.15, 0.2) is 53.7 Å². The van der Waals surface area contributed by atoms with E-state index in [2.05, 4.69) is 15.1 Å².